The lowest BCUT2D eigenvalue weighted by Gasteiger charge is -2.24. The van der Waals surface area contributed by atoms with Crippen LogP contribution in [0.3, 0.4) is 0 Å². The van der Waals surface area contributed by atoms with E-state index >= 15 is 0 Å². The number of carbonyl (C=O) groups excluding carboxylic acids is 1. The molecule has 168 valence electrons. The average molecular weight is 456 g/mol. The van der Waals surface area contributed by atoms with Gasteiger partial charge in [0.05, 0.1) is 23.8 Å². The highest BCUT2D eigenvalue weighted by Crippen LogP contribution is 2.38. The molecule has 2 aliphatic heterocycles. The summed E-state index contributed by atoms with van der Waals surface area (Å²) in [6, 6.07) is 7.64. The Kier molecular flexibility index (Phi) is 5.86. The normalized spacial score (nSPS) is 20.6. The molecule has 0 radical (unpaired) electrons. The number of nitrogens with one attached hydrogen (secondary N) is 3. The van der Waals surface area contributed by atoms with Gasteiger partial charge in [0.2, 0.25) is 0 Å². The molecule has 2 aromatic heterocycles. The number of para-hydroxylation sites is 1. The van der Waals surface area contributed by atoms with Crippen LogP contribution in [0.25, 0.3) is 10.9 Å². The minimum atomic E-state index is -0.954. The lowest BCUT2D eigenvalue weighted by Crippen LogP contribution is -2.36. The Hall–Kier alpha value is -2.88. The number of hydrogen-bond acceptors (Lipinski definition) is 6. The SMILES string of the molecule is O=C(O)c1c(NC2CCCCO2)sc2c1CC(CNC(=O)c1c[nH]c3ccccc13)OC2. The van der Waals surface area contributed by atoms with Crippen molar-refractivity contribution in [3.63, 3.8) is 0 Å². The van der Waals surface area contributed by atoms with E-state index in [2.05, 4.69) is 15.6 Å². The predicted molar refractivity (Wildman–Crippen MR) is 121 cm³/mol. The number of amides is 1. The molecule has 1 saturated heterocycles. The molecule has 2 atom stereocenters. The number of H-pyrrole nitrogens is 1. The third-order valence-corrected chi connectivity index (χ3v) is 7.12. The molecule has 1 amide bonds. The summed E-state index contributed by atoms with van der Waals surface area (Å²) in [6.07, 6.45) is 4.65. The molecule has 0 aliphatic carbocycles. The molecule has 0 saturated carbocycles. The number of carbonyl (C=O) groups is 2. The summed E-state index contributed by atoms with van der Waals surface area (Å²) in [4.78, 5) is 28.8. The molecular weight excluding hydrogens is 430 g/mol. The van der Waals surface area contributed by atoms with Crippen molar-refractivity contribution in [1.82, 2.24) is 10.3 Å². The lowest BCUT2D eigenvalue weighted by atomic mass is 10.0. The van der Waals surface area contributed by atoms with Gasteiger partial charge in [-0.05, 0) is 30.9 Å². The quantitative estimate of drug-likeness (QED) is 0.451. The zero-order valence-corrected chi connectivity index (χ0v) is 18.3. The minimum absolute atomic E-state index is 0.158. The van der Waals surface area contributed by atoms with Gasteiger partial charge < -0.3 is 30.2 Å². The number of benzene rings is 1. The molecule has 3 aromatic rings. The zero-order chi connectivity index (χ0) is 22.1. The fourth-order valence-corrected chi connectivity index (χ4v) is 5.53. The van der Waals surface area contributed by atoms with Crippen LogP contribution >= 0.6 is 11.3 Å². The highest BCUT2D eigenvalue weighted by Gasteiger charge is 2.31. The Morgan fingerprint density at radius 1 is 1.22 bits per heavy atom. The molecule has 2 unspecified atom stereocenters. The van der Waals surface area contributed by atoms with E-state index in [-0.39, 0.29) is 18.2 Å². The standard InChI is InChI=1S/C23H25N3O5S/c27-21(16-11-24-17-6-2-1-5-14(16)17)25-10-13-9-15-18(12-31-13)32-22(20(15)23(28)29)26-19-7-3-4-8-30-19/h1-2,5-6,11,13,19,24,26H,3-4,7-10,12H2,(H,25,27)(H,28,29). The first-order valence-corrected chi connectivity index (χ1v) is 11.6. The lowest BCUT2D eigenvalue weighted by molar-refractivity contribution is 0.0300. The maximum absolute atomic E-state index is 12.7. The van der Waals surface area contributed by atoms with Gasteiger partial charge in [0, 0.05) is 41.5 Å². The maximum atomic E-state index is 12.7. The molecule has 1 fully saturated rings. The van der Waals surface area contributed by atoms with E-state index in [9.17, 15) is 14.7 Å². The zero-order valence-electron chi connectivity index (χ0n) is 17.5. The van der Waals surface area contributed by atoms with Crippen molar-refractivity contribution < 1.29 is 24.2 Å². The molecule has 0 spiro atoms. The Balaban J connectivity index is 1.27. The van der Waals surface area contributed by atoms with Crippen LogP contribution in [0.15, 0.2) is 30.5 Å². The summed E-state index contributed by atoms with van der Waals surface area (Å²) >= 11 is 1.42. The molecule has 5 rings (SSSR count). The van der Waals surface area contributed by atoms with E-state index in [0.717, 1.165) is 40.6 Å². The van der Waals surface area contributed by atoms with Crippen molar-refractivity contribution in [2.24, 2.45) is 0 Å². The molecule has 2 aliphatic rings. The number of anilines is 1. The van der Waals surface area contributed by atoms with Crippen LogP contribution in [-0.4, -0.2) is 47.5 Å². The highest BCUT2D eigenvalue weighted by atomic mass is 32.1. The average Bonchev–Trinajstić information content (AvgIpc) is 3.39. The van der Waals surface area contributed by atoms with Gasteiger partial charge in [-0.2, -0.15) is 0 Å². The van der Waals surface area contributed by atoms with Crippen LogP contribution in [-0.2, 0) is 22.5 Å². The number of hydrogen-bond donors (Lipinski definition) is 4. The summed E-state index contributed by atoms with van der Waals surface area (Å²) in [5.74, 6) is -1.14. The highest BCUT2D eigenvalue weighted by molar-refractivity contribution is 7.16. The topological polar surface area (TPSA) is 113 Å². The third kappa shape index (κ3) is 4.11. The van der Waals surface area contributed by atoms with Crippen molar-refractivity contribution in [3.05, 3.63) is 52.0 Å². The molecule has 1 aromatic carbocycles. The summed E-state index contributed by atoms with van der Waals surface area (Å²) in [7, 11) is 0. The van der Waals surface area contributed by atoms with Crippen LogP contribution in [0.4, 0.5) is 5.00 Å². The molecule has 4 heterocycles. The van der Waals surface area contributed by atoms with E-state index in [1.807, 2.05) is 24.3 Å². The number of aromatic amines is 1. The third-order valence-electron chi connectivity index (χ3n) is 5.98. The second-order valence-electron chi connectivity index (χ2n) is 8.11. The van der Waals surface area contributed by atoms with E-state index in [4.69, 9.17) is 9.47 Å². The van der Waals surface area contributed by atoms with Crippen LogP contribution in [0.5, 0.6) is 0 Å². The van der Waals surface area contributed by atoms with E-state index in [1.165, 1.54) is 11.3 Å². The predicted octanol–water partition coefficient (Wildman–Crippen LogP) is 3.74. The van der Waals surface area contributed by atoms with Gasteiger partial charge in [0.1, 0.15) is 11.2 Å². The van der Waals surface area contributed by atoms with Crippen molar-refractivity contribution >= 4 is 39.1 Å². The van der Waals surface area contributed by atoms with Crippen molar-refractivity contribution in [1.29, 1.82) is 0 Å². The second-order valence-corrected chi connectivity index (χ2v) is 9.21. The fraction of sp³-hybridized carbons (Fsp3) is 0.391. The number of carboxylic acid groups (broad SMARTS) is 1. The van der Waals surface area contributed by atoms with Crippen molar-refractivity contribution in [3.8, 4) is 0 Å². The van der Waals surface area contributed by atoms with Crippen LogP contribution in [0.2, 0.25) is 0 Å². The number of carboxylic acids is 1. The number of rotatable bonds is 6. The van der Waals surface area contributed by atoms with Gasteiger partial charge in [-0.3, -0.25) is 4.79 Å². The van der Waals surface area contributed by atoms with E-state index in [0.29, 0.717) is 42.3 Å². The van der Waals surface area contributed by atoms with E-state index < -0.39 is 5.97 Å². The van der Waals surface area contributed by atoms with Crippen LogP contribution < -0.4 is 10.6 Å². The summed E-state index contributed by atoms with van der Waals surface area (Å²) in [6.45, 7) is 1.33. The molecule has 32 heavy (non-hydrogen) atoms. The number of ether oxygens (including phenoxy) is 2. The second kappa shape index (κ2) is 8.93. The first-order chi connectivity index (χ1) is 15.6. The molecule has 8 nitrogen and oxygen atoms in total. The summed E-state index contributed by atoms with van der Waals surface area (Å²) < 4.78 is 11.7. The smallest absolute Gasteiger partial charge is 0.338 e. The minimum Gasteiger partial charge on any atom is -0.478 e. The Morgan fingerprint density at radius 3 is 2.91 bits per heavy atom. The van der Waals surface area contributed by atoms with E-state index in [1.54, 1.807) is 6.20 Å². The van der Waals surface area contributed by atoms with Gasteiger partial charge in [0.15, 0.2) is 0 Å². The largest absolute Gasteiger partial charge is 0.478 e. The first-order valence-electron chi connectivity index (χ1n) is 10.8. The molecule has 0 bridgehead atoms. The number of fused-ring (bicyclic) bond motifs is 2. The van der Waals surface area contributed by atoms with Gasteiger partial charge in [-0.25, -0.2) is 4.79 Å². The number of thiophene rings is 1. The molecular formula is C23H25N3O5S. The molecule has 9 heteroatoms. The Bertz CT molecular complexity index is 1150. The van der Waals surface area contributed by atoms with Crippen molar-refractivity contribution in [2.45, 2.75) is 44.6 Å². The Labute approximate surface area is 188 Å². The fourth-order valence-electron chi connectivity index (χ4n) is 4.35. The summed E-state index contributed by atoms with van der Waals surface area (Å²) in [5.41, 5.74) is 2.58. The van der Waals surface area contributed by atoms with Gasteiger partial charge in [-0.1, -0.05) is 18.2 Å². The van der Waals surface area contributed by atoms with Crippen molar-refractivity contribution in [2.75, 3.05) is 18.5 Å². The van der Waals surface area contributed by atoms with Crippen LogP contribution in [0, 0.1) is 0 Å². The maximum Gasteiger partial charge on any atom is 0.338 e. The van der Waals surface area contributed by atoms with Gasteiger partial charge in [-0.15, -0.1) is 11.3 Å². The first kappa shape index (κ1) is 21.0. The summed E-state index contributed by atoms with van der Waals surface area (Å²) in [5, 5.41) is 17.6. The van der Waals surface area contributed by atoms with Crippen LogP contribution in [0.1, 0.15) is 50.4 Å². The number of aromatic nitrogens is 1. The Morgan fingerprint density at radius 2 is 2.09 bits per heavy atom. The molecule has 4 N–H and O–H groups in total. The van der Waals surface area contributed by atoms with Gasteiger partial charge >= 0.3 is 5.97 Å². The van der Waals surface area contributed by atoms with Gasteiger partial charge in [0.25, 0.3) is 5.91 Å². The number of aromatic carboxylic acids is 1. The monoisotopic (exact) mass is 455 g/mol.